The molecular formula is C24H23ClN4O4S. The molecule has 34 heavy (non-hydrogen) atoms. The van der Waals surface area contributed by atoms with Gasteiger partial charge in [-0.1, -0.05) is 41.9 Å². The first kappa shape index (κ1) is 23.7. The van der Waals surface area contributed by atoms with E-state index in [1.807, 2.05) is 35.7 Å². The maximum Gasteiger partial charge on any atom is 0.339 e. The Bertz CT molecular complexity index is 1200. The van der Waals surface area contributed by atoms with E-state index in [0.717, 1.165) is 16.3 Å². The van der Waals surface area contributed by atoms with Crippen molar-refractivity contribution in [3.05, 3.63) is 70.2 Å². The monoisotopic (exact) mass is 498 g/mol. The normalized spacial score (nSPS) is 15.1. The number of likely N-dealkylation sites (tertiary alicyclic amines) is 1. The Kier molecular flexibility index (Phi) is 7.44. The molecule has 0 saturated carbocycles. The van der Waals surface area contributed by atoms with Gasteiger partial charge in [-0.15, -0.1) is 11.3 Å². The molecule has 176 valence electrons. The van der Waals surface area contributed by atoms with Gasteiger partial charge in [0.2, 0.25) is 5.91 Å². The van der Waals surface area contributed by atoms with Gasteiger partial charge in [0, 0.05) is 22.5 Å². The Hall–Kier alpha value is -3.43. The summed E-state index contributed by atoms with van der Waals surface area (Å²) in [5.74, 6) is -0.845. The lowest BCUT2D eigenvalue weighted by molar-refractivity contribution is -0.124. The van der Waals surface area contributed by atoms with E-state index in [-0.39, 0.29) is 23.7 Å². The average Bonchev–Trinajstić information content (AvgIpc) is 3.53. The Morgan fingerprint density at radius 1 is 1.21 bits per heavy atom. The number of nitrogens with one attached hydrogen (secondary N) is 2. The standard InChI is InChI=1S/C24H23ClN4O4S/c1-33-23(31)18-10-9-16(25)12-19(18)28-24(32)29-11-5-8-20(29)21(30)26-13-17-14-34-22(27-17)15-6-3-2-4-7-15/h2-4,6-7,9-10,12,14,20H,5,8,11,13H2,1H3,(H,26,30)(H,28,32)/t20-/m1/s1. The zero-order valence-corrected chi connectivity index (χ0v) is 20.0. The molecule has 1 aromatic heterocycles. The number of hydrogen-bond donors (Lipinski definition) is 2. The molecular weight excluding hydrogens is 476 g/mol. The maximum atomic E-state index is 13.0. The maximum absolute atomic E-state index is 13.0. The summed E-state index contributed by atoms with van der Waals surface area (Å²) in [5, 5.41) is 8.74. The number of thiazole rings is 1. The molecule has 0 spiro atoms. The fourth-order valence-electron chi connectivity index (χ4n) is 3.77. The predicted octanol–water partition coefficient (Wildman–Crippen LogP) is 4.56. The quantitative estimate of drug-likeness (QED) is 0.485. The third-order valence-corrected chi connectivity index (χ3v) is 6.64. The van der Waals surface area contributed by atoms with Gasteiger partial charge in [0.25, 0.3) is 0 Å². The van der Waals surface area contributed by atoms with E-state index in [1.165, 1.54) is 41.5 Å². The molecule has 4 rings (SSSR count). The fourth-order valence-corrected chi connectivity index (χ4v) is 4.77. The number of rotatable bonds is 6. The highest BCUT2D eigenvalue weighted by Gasteiger charge is 2.34. The van der Waals surface area contributed by atoms with Crippen LogP contribution in [0.15, 0.2) is 53.9 Å². The zero-order chi connectivity index (χ0) is 24.1. The van der Waals surface area contributed by atoms with E-state index in [1.54, 1.807) is 0 Å². The summed E-state index contributed by atoms with van der Waals surface area (Å²) in [6.07, 6.45) is 1.24. The van der Waals surface area contributed by atoms with Crippen molar-refractivity contribution in [2.24, 2.45) is 0 Å². The van der Waals surface area contributed by atoms with Gasteiger partial charge in [0.1, 0.15) is 11.0 Å². The first-order valence-corrected chi connectivity index (χ1v) is 11.9. The summed E-state index contributed by atoms with van der Waals surface area (Å²) < 4.78 is 4.77. The number of carbonyl (C=O) groups is 3. The van der Waals surface area contributed by atoms with Crippen LogP contribution in [-0.4, -0.2) is 47.5 Å². The number of benzene rings is 2. The fraction of sp³-hybridized carbons (Fsp3) is 0.250. The molecule has 0 unspecified atom stereocenters. The van der Waals surface area contributed by atoms with Crippen LogP contribution in [0.2, 0.25) is 5.02 Å². The van der Waals surface area contributed by atoms with Crippen molar-refractivity contribution >= 4 is 46.5 Å². The van der Waals surface area contributed by atoms with Crippen molar-refractivity contribution in [1.82, 2.24) is 15.2 Å². The average molecular weight is 499 g/mol. The van der Waals surface area contributed by atoms with E-state index in [2.05, 4.69) is 15.6 Å². The number of esters is 1. The second-order valence-electron chi connectivity index (χ2n) is 7.69. The number of aromatic nitrogens is 1. The summed E-state index contributed by atoms with van der Waals surface area (Å²) in [7, 11) is 1.26. The molecule has 0 radical (unpaired) electrons. The van der Waals surface area contributed by atoms with Gasteiger partial charge in [0.05, 0.1) is 30.6 Å². The van der Waals surface area contributed by atoms with Crippen LogP contribution in [0.3, 0.4) is 0 Å². The highest BCUT2D eigenvalue weighted by atomic mass is 35.5. The van der Waals surface area contributed by atoms with Crippen LogP contribution in [-0.2, 0) is 16.1 Å². The van der Waals surface area contributed by atoms with Gasteiger partial charge >= 0.3 is 12.0 Å². The summed E-state index contributed by atoms with van der Waals surface area (Å²) in [6.45, 7) is 0.696. The number of carbonyl (C=O) groups excluding carboxylic acids is 3. The van der Waals surface area contributed by atoms with Crippen LogP contribution < -0.4 is 10.6 Å². The van der Waals surface area contributed by atoms with Crippen LogP contribution in [0.4, 0.5) is 10.5 Å². The number of anilines is 1. The first-order chi connectivity index (χ1) is 16.5. The Balaban J connectivity index is 1.39. The number of urea groups is 1. The second-order valence-corrected chi connectivity index (χ2v) is 8.99. The lowest BCUT2D eigenvalue weighted by Crippen LogP contribution is -2.47. The highest BCUT2D eigenvalue weighted by Crippen LogP contribution is 2.25. The predicted molar refractivity (Wildman–Crippen MR) is 131 cm³/mol. The Morgan fingerprint density at radius 3 is 2.76 bits per heavy atom. The summed E-state index contributed by atoms with van der Waals surface area (Å²) >= 11 is 7.56. The van der Waals surface area contributed by atoms with Crippen LogP contribution in [0.5, 0.6) is 0 Å². The minimum Gasteiger partial charge on any atom is -0.465 e. The van der Waals surface area contributed by atoms with Crippen molar-refractivity contribution < 1.29 is 19.1 Å². The van der Waals surface area contributed by atoms with Crippen molar-refractivity contribution in [2.75, 3.05) is 19.0 Å². The van der Waals surface area contributed by atoms with Crippen molar-refractivity contribution in [2.45, 2.75) is 25.4 Å². The topological polar surface area (TPSA) is 101 Å². The van der Waals surface area contributed by atoms with Crippen LogP contribution >= 0.6 is 22.9 Å². The molecule has 8 nitrogen and oxygen atoms in total. The number of methoxy groups -OCH3 is 1. The second kappa shape index (κ2) is 10.7. The van der Waals surface area contributed by atoms with Crippen molar-refractivity contribution in [3.63, 3.8) is 0 Å². The minimum atomic E-state index is -0.618. The van der Waals surface area contributed by atoms with Gasteiger partial charge in [-0.05, 0) is 31.0 Å². The van der Waals surface area contributed by atoms with E-state index >= 15 is 0 Å². The Morgan fingerprint density at radius 2 is 2.00 bits per heavy atom. The number of nitrogens with zero attached hydrogens (tertiary/aromatic N) is 2. The van der Waals surface area contributed by atoms with Crippen LogP contribution in [0, 0.1) is 0 Å². The number of amides is 3. The van der Waals surface area contributed by atoms with Crippen LogP contribution in [0.1, 0.15) is 28.9 Å². The number of halogens is 1. The van der Waals surface area contributed by atoms with Gasteiger partial charge in [0.15, 0.2) is 0 Å². The molecule has 1 fully saturated rings. The first-order valence-electron chi connectivity index (χ1n) is 10.7. The lowest BCUT2D eigenvalue weighted by atomic mass is 10.1. The molecule has 0 aliphatic carbocycles. The van der Waals surface area contributed by atoms with E-state index in [4.69, 9.17) is 16.3 Å². The lowest BCUT2D eigenvalue weighted by Gasteiger charge is -2.24. The van der Waals surface area contributed by atoms with Gasteiger partial charge in [-0.2, -0.15) is 0 Å². The molecule has 2 N–H and O–H groups in total. The molecule has 10 heteroatoms. The zero-order valence-electron chi connectivity index (χ0n) is 18.4. The molecule has 1 saturated heterocycles. The van der Waals surface area contributed by atoms with Gasteiger partial charge in [-0.3, -0.25) is 4.79 Å². The smallest absolute Gasteiger partial charge is 0.339 e. The molecule has 3 aromatic rings. The highest BCUT2D eigenvalue weighted by molar-refractivity contribution is 7.13. The molecule has 1 aliphatic rings. The minimum absolute atomic E-state index is 0.179. The van der Waals surface area contributed by atoms with E-state index in [9.17, 15) is 14.4 Å². The van der Waals surface area contributed by atoms with Gasteiger partial charge < -0.3 is 20.3 Å². The van der Waals surface area contributed by atoms with Crippen LogP contribution in [0.25, 0.3) is 10.6 Å². The summed E-state index contributed by atoms with van der Waals surface area (Å²) in [5.41, 5.74) is 2.19. The molecule has 1 atom stereocenters. The number of ether oxygens (including phenoxy) is 1. The van der Waals surface area contributed by atoms with Crippen molar-refractivity contribution in [1.29, 1.82) is 0 Å². The number of hydrogen-bond acceptors (Lipinski definition) is 6. The van der Waals surface area contributed by atoms with E-state index in [0.29, 0.717) is 24.4 Å². The van der Waals surface area contributed by atoms with E-state index < -0.39 is 18.0 Å². The van der Waals surface area contributed by atoms with Gasteiger partial charge in [-0.25, -0.2) is 14.6 Å². The molecule has 3 amide bonds. The molecule has 0 bridgehead atoms. The third kappa shape index (κ3) is 5.37. The SMILES string of the molecule is COC(=O)c1ccc(Cl)cc1NC(=O)N1CCC[C@@H]1C(=O)NCc1csc(-c2ccccc2)n1. The Labute approximate surface area is 205 Å². The molecule has 1 aliphatic heterocycles. The largest absolute Gasteiger partial charge is 0.465 e. The van der Waals surface area contributed by atoms with Crippen molar-refractivity contribution in [3.8, 4) is 10.6 Å². The molecule has 2 aromatic carbocycles. The third-order valence-electron chi connectivity index (χ3n) is 5.46. The summed E-state index contributed by atoms with van der Waals surface area (Å²) in [4.78, 5) is 43.9. The molecule has 2 heterocycles. The summed E-state index contributed by atoms with van der Waals surface area (Å²) in [6, 6.07) is 13.2.